The zero-order valence-corrected chi connectivity index (χ0v) is 11.1. The van der Waals surface area contributed by atoms with Gasteiger partial charge in [0.25, 0.3) is 0 Å². The van der Waals surface area contributed by atoms with Crippen LogP contribution in [0.3, 0.4) is 0 Å². The zero-order chi connectivity index (χ0) is 12.3. The van der Waals surface area contributed by atoms with E-state index in [1.807, 2.05) is 11.4 Å². The van der Waals surface area contributed by atoms with Crippen molar-refractivity contribution in [2.45, 2.75) is 10.6 Å². The molecule has 17 heavy (non-hydrogen) atoms. The number of rotatable bonds is 3. The van der Waals surface area contributed by atoms with Crippen molar-refractivity contribution in [1.82, 2.24) is 0 Å². The highest BCUT2D eigenvalue weighted by atomic mass is 35.5. The van der Waals surface area contributed by atoms with Crippen molar-refractivity contribution >= 4 is 33.7 Å². The molecule has 0 bridgehead atoms. The summed E-state index contributed by atoms with van der Waals surface area (Å²) in [7, 11) is -1.14. The molecular weight excluding hydrogens is 274 g/mol. The number of halogens is 1. The summed E-state index contributed by atoms with van der Waals surface area (Å²) in [4.78, 5) is 1.36. The molecule has 0 saturated carbocycles. The Labute approximate surface area is 111 Å². The normalized spacial score (nSPS) is 12.0. The molecule has 5 heteroatoms. The first-order chi connectivity index (χ1) is 8.20. The first-order valence-electron chi connectivity index (χ1n) is 4.81. The Morgan fingerprint density at radius 1 is 1.29 bits per heavy atom. The Bertz CT molecular complexity index is 583. The van der Waals surface area contributed by atoms with Crippen molar-refractivity contribution < 1.29 is 4.21 Å². The number of benzene rings is 1. The third-order valence-electron chi connectivity index (χ3n) is 2.21. The number of nitriles is 1. The van der Waals surface area contributed by atoms with E-state index in [4.69, 9.17) is 16.9 Å². The quantitative estimate of drug-likeness (QED) is 0.863. The van der Waals surface area contributed by atoms with E-state index in [9.17, 15) is 4.21 Å². The monoisotopic (exact) mass is 281 g/mol. The molecule has 0 aliphatic carbocycles. The fraction of sp³-hybridized carbons (Fsp3) is 0.0833. The molecule has 0 saturated heterocycles. The summed E-state index contributed by atoms with van der Waals surface area (Å²) in [5.74, 6) is 0.369. The highest BCUT2D eigenvalue weighted by Crippen LogP contribution is 2.20. The number of thiophene rings is 1. The minimum atomic E-state index is -1.14. The zero-order valence-electron chi connectivity index (χ0n) is 8.72. The number of hydrogen-bond donors (Lipinski definition) is 0. The van der Waals surface area contributed by atoms with Crippen LogP contribution in [0.2, 0.25) is 5.02 Å². The van der Waals surface area contributed by atoms with Crippen LogP contribution >= 0.6 is 22.9 Å². The second-order valence-electron chi connectivity index (χ2n) is 3.33. The van der Waals surface area contributed by atoms with E-state index in [1.165, 1.54) is 11.3 Å². The lowest BCUT2D eigenvalue weighted by atomic mass is 10.3. The summed E-state index contributed by atoms with van der Waals surface area (Å²) in [6, 6.07) is 10.9. The average Bonchev–Trinajstić information content (AvgIpc) is 2.77. The predicted octanol–water partition coefficient (Wildman–Crippen LogP) is 3.58. The first-order valence-corrected chi connectivity index (χ1v) is 7.39. The third kappa shape index (κ3) is 2.95. The molecule has 0 N–H and O–H groups in total. The standard InChI is InChI=1S/C12H8ClNOS2/c13-10-1-3-11(4-2-10)17(15)8-9-5-6-16-12(9)7-14/h1-6H,8H2/t17-/m0/s1. The molecule has 0 fully saturated rings. The third-order valence-corrected chi connectivity index (χ3v) is 4.70. The summed E-state index contributed by atoms with van der Waals surface area (Å²) < 4.78 is 12.1. The maximum Gasteiger partial charge on any atom is 0.110 e. The van der Waals surface area contributed by atoms with E-state index < -0.39 is 10.8 Å². The molecule has 0 amide bonds. The van der Waals surface area contributed by atoms with Gasteiger partial charge in [-0.3, -0.25) is 4.21 Å². The van der Waals surface area contributed by atoms with Crippen LogP contribution in [0.5, 0.6) is 0 Å². The van der Waals surface area contributed by atoms with Crippen LogP contribution < -0.4 is 0 Å². The molecule has 2 nitrogen and oxygen atoms in total. The smallest absolute Gasteiger partial charge is 0.110 e. The molecule has 1 heterocycles. The maximum absolute atomic E-state index is 12.1. The van der Waals surface area contributed by atoms with Crippen LogP contribution in [-0.4, -0.2) is 4.21 Å². The van der Waals surface area contributed by atoms with E-state index in [1.54, 1.807) is 24.3 Å². The van der Waals surface area contributed by atoms with Gasteiger partial charge in [-0.1, -0.05) is 11.6 Å². The Kier molecular flexibility index (Phi) is 3.95. The second kappa shape index (κ2) is 5.46. The fourth-order valence-corrected chi connectivity index (χ4v) is 3.42. The van der Waals surface area contributed by atoms with Crippen molar-refractivity contribution in [2.75, 3.05) is 0 Å². The van der Waals surface area contributed by atoms with Gasteiger partial charge in [0.2, 0.25) is 0 Å². The SMILES string of the molecule is N#Cc1sccc1C[S@](=O)c1ccc(Cl)cc1. The Morgan fingerprint density at radius 3 is 2.65 bits per heavy atom. The number of nitrogens with zero attached hydrogens (tertiary/aromatic N) is 1. The van der Waals surface area contributed by atoms with Crippen molar-refractivity contribution in [2.24, 2.45) is 0 Å². The lowest BCUT2D eigenvalue weighted by Crippen LogP contribution is -1.96. The van der Waals surface area contributed by atoms with Crippen LogP contribution in [0.25, 0.3) is 0 Å². The predicted molar refractivity (Wildman–Crippen MR) is 70.6 cm³/mol. The van der Waals surface area contributed by atoms with E-state index in [0.29, 0.717) is 15.7 Å². The van der Waals surface area contributed by atoms with Gasteiger partial charge in [-0.15, -0.1) is 11.3 Å². The van der Waals surface area contributed by atoms with Crippen LogP contribution in [0.15, 0.2) is 40.6 Å². The lowest BCUT2D eigenvalue weighted by molar-refractivity contribution is 0.682. The summed E-state index contributed by atoms with van der Waals surface area (Å²) in [6.07, 6.45) is 0. The molecule has 0 aliphatic heterocycles. The van der Waals surface area contributed by atoms with Gasteiger partial charge in [0.05, 0.1) is 16.6 Å². The van der Waals surface area contributed by atoms with Crippen molar-refractivity contribution in [1.29, 1.82) is 5.26 Å². The van der Waals surface area contributed by atoms with Gasteiger partial charge in [-0.25, -0.2) is 0 Å². The van der Waals surface area contributed by atoms with E-state index >= 15 is 0 Å². The largest absolute Gasteiger partial charge is 0.254 e. The summed E-state index contributed by atoms with van der Waals surface area (Å²) >= 11 is 7.14. The van der Waals surface area contributed by atoms with Crippen LogP contribution in [-0.2, 0) is 16.6 Å². The summed E-state index contributed by atoms with van der Waals surface area (Å²) in [6.45, 7) is 0. The lowest BCUT2D eigenvalue weighted by Gasteiger charge is -2.01. The molecule has 0 unspecified atom stereocenters. The minimum absolute atomic E-state index is 0.369. The topological polar surface area (TPSA) is 40.9 Å². The van der Waals surface area contributed by atoms with Crippen molar-refractivity contribution in [3.05, 3.63) is 51.2 Å². The molecule has 0 spiro atoms. The minimum Gasteiger partial charge on any atom is -0.254 e. The average molecular weight is 282 g/mol. The Morgan fingerprint density at radius 2 is 2.00 bits per heavy atom. The van der Waals surface area contributed by atoms with Crippen LogP contribution in [0.1, 0.15) is 10.4 Å². The van der Waals surface area contributed by atoms with E-state index in [0.717, 1.165) is 10.5 Å². The second-order valence-corrected chi connectivity index (χ2v) is 6.13. The molecular formula is C12H8ClNOS2. The molecule has 86 valence electrons. The summed E-state index contributed by atoms with van der Waals surface area (Å²) in [5.41, 5.74) is 0.839. The highest BCUT2D eigenvalue weighted by molar-refractivity contribution is 7.84. The first kappa shape index (κ1) is 12.3. The molecule has 2 aromatic rings. The van der Waals surface area contributed by atoms with E-state index in [2.05, 4.69) is 6.07 Å². The van der Waals surface area contributed by atoms with Crippen LogP contribution in [0.4, 0.5) is 0 Å². The maximum atomic E-state index is 12.1. The molecule has 2 rings (SSSR count). The Balaban J connectivity index is 2.18. The fourth-order valence-electron chi connectivity index (χ4n) is 1.36. The highest BCUT2D eigenvalue weighted by Gasteiger charge is 2.09. The van der Waals surface area contributed by atoms with Crippen molar-refractivity contribution in [3.63, 3.8) is 0 Å². The molecule has 0 radical (unpaired) electrons. The summed E-state index contributed by atoms with van der Waals surface area (Å²) in [5, 5.41) is 11.3. The molecule has 1 aromatic carbocycles. The molecule has 1 aromatic heterocycles. The van der Waals surface area contributed by atoms with Gasteiger partial charge in [0.15, 0.2) is 0 Å². The van der Waals surface area contributed by atoms with Crippen LogP contribution in [0, 0.1) is 11.3 Å². The van der Waals surface area contributed by atoms with Crippen molar-refractivity contribution in [3.8, 4) is 6.07 Å². The van der Waals surface area contributed by atoms with Gasteiger partial charge in [0.1, 0.15) is 10.9 Å². The van der Waals surface area contributed by atoms with E-state index in [-0.39, 0.29) is 0 Å². The van der Waals surface area contributed by atoms with Gasteiger partial charge >= 0.3 is 0 Å². The van der Waals surface area contributed by atoms with Gasteiger partial charge in [0, 0.05) is 9.92 Å². The van der Waals surface area contributed by atoms with Gasteiger partial charge < -0.3 is 0 Å². The molecule has 0 aliphatic rings. The Hall–Kier alpha value is -1.15. The number of hydrogen-bond acceptors (Lipinski definition) is 3. The molecule has 1 atom stereocenters. The van der Waals surface area contributed by atoms with Gasteiger partial charge in [-0.2, -0.15) is 5.26 Å². The van der Waals surface area contributed by atoms with Gasteiger partial charge in [-0.05, 0) is 41.3 Å².